The van der Waals surface area contributed by atoms with Crippen molar-refractivity contribution in [1.82, 2.24) is 0 Å². The summed E-state index contributed by atoms with van der Waals surface area (Å²) in [5, 5.41) is 0. The molecule has 0 aliphatic heterocycles. The first-order chi connectivity index (χ1) is 8.66. The van der Waals surface area contributed by atoms with Crippen LogP contribution in [-0.4, -0.2) is 175 Å². The van der Waals surface area contributed by atoms with Crippen LogP contribution in [0.3, 0.4) is 0 Å². The Kier molecular flexibility index (Phi) is 144. The largest absolute Gasteiger partial charge is 0.0715 e. The van der Waals surface area contributed by atoms with Crippen LogP contribution in [0.2, 0.25) is 98.2 Å². The van der Waals surface area contributed by atoms with Gasteiger partial charge < -0.3 is 0 Å². The summed E-state index contributed by atoms with van der Waals surface area (Å²) in [5.41, 5.74) is 0. The fraction of sp³-hybridized carbons (Fsp3) is 1.00. The zero-order chi connectivity index (χ0) is 17.9. The van der Waals surface area contributed by atoms with Crippen LogP contribution in [0.1, 0.15) is 0 Å². The normalized spacial score (nSPS) is 7.20. The van der Waals surface area contributed by atoms with Gasteiger partial charge in [-0.1, -0.05) is 98.2 Å². The third-order valence-electron chi connectivity index (χ3n) is 0. The Bertz CT molecular complexity index is 92.9. The molecule has 0 aromatic carbocycles. The molecule has 0 aliphatic carbocycles. The molecule has 25 heavy (non-hydrogen) atoms. The molecule has 0 aromatic rings. The van der Waals surface area contributed by atoms with Crippen LogP contribution in [-0.2, 0) is 0 Å². The van der Waals surface area contributed by atoms with E-state index >= 15 is 0 Å². The third-order valence-corrected chi connectivity index (χ3v) is 0. The van der Waals surface area contributed by atoms with Gasteiger partial charge in [0, 0.05) is 175 Å². The quantitative estimate of drug-likeness (QED) is 0.302. The summed E-state index contributed by atoms with van der Waals surface area (Å²) >= 11 is 0. The SMILES string of the molecule is C[Si](C)C.C[Si](C)C.C[Si](C)C.C[Si](C)C.C[Si](C)C.[Bi].[Bi].[Bi].[Bi].[Bi]. The predicted octanol–water partition coefficient (Wildman–Crippen LogP) is 4.95. The molecule has 0 nitrogen and oxygen atoms in total. The zero-order valence-corrected chi connectivity index (χ0v) is 42.1. The molecule has 0 unspecified atom stereocenters. The number of rotatable bonds is 0. The molecule has 0 fully saturated rings. The van der Waals surface area contributed by atoms with E-state index in [2.05, 4.69) is 98.2 Å². The molecule has 0 N–H and O–H groups in total. The molecule has 0 aliphatic rings. The summed E-state index contributed by atoms with van der Waals surface area (Å²) in [6.07, 6.45) is 0. The summed E-state index contributed by atoms with van der Waals surface area (Å²) < 4.78 is 0. The minimum Gasteiger partial charge on any atom is -0.0715 e. The van der Waals surface area contributed by atoms with Crippen molar-refractivity contribution in [2.45, 2.75) is 98.2 Å². The zero-order valence-electron chi connectivity index (χ0n) is 19.7. The van der Waals surface area contributed by atoms with Gasteiger partial charge in [0.2, 0.25) is 0 Å². The maximum absolute atomic E-state index is 2.27. The van der Waals surface area contributed by atoms with Crippen LogP contribution in [0.5, 0.6) is 0 Å². The summed E-state index contributed by atoms with van der Waals surface area (Å²) in [6.45, 7) is 34.0. The van der Waals surface area contributed by atoms with Gasteiger partial charge in [-0.25, -0.2) is 0 Å². The smallest absolute Gasteiger partial charge is 0.0379 e. The maximum atomic E-state index is 2.27. The molecule has 0 amide bonds. The second-order valence-corrected chi connectivity index (χ2v) is 22.5. The van der Waals surface area contributed by atoms with Gasteiger partial charge in [-0.05, 0) is 0 Å². The summed E-state index contributed by atoms with van der Waals surface area (Å²) in [6, 6.07) is 0. The Morgan fingerprint density at radius 3 is 0.200 bits per heavy atom. The molecular weight excluding hydrogens is 1370 g/mol. The molecule has 0 rings (SSSR count). The first-order valence-electron chi connectivity index (χ1n) is 7.50. The van der Waals surface area contributed by atoms with Gasteiger partial charge in [-0.3, -0.25) is 0 Å². The molecule has 0 atom stereocenters. The Morgan fingerprint density at radius 2 is 0.200 bits per heavy atom. The second-order valence-electron chi connectivity index (χ2n) is 7.50. The molecule has 0 spiro atoms. The summed E-state index contributed by atoms with van der Waals surface area (Å²) in [4.78, 5) is 0. The minimum absolute atomic E-state index is 0. The van der Waals surface area contributed by atoms with Crippen LogP contribution >= 0.6 is 0 Å². The summed E-state index contributed by atoms with van der Waals surface area (Å²) in [5.74, 6) is 0. The molecule has 150 valence electrons. The van der Waals surface area contributed by atoms with Gasteiger partial charge in [0.1, 0.15) is 0 Å². The van der Waals surface area contributed by atoms with Crippen LogP contribution in [0.25, 0.3) is 0 Å². The standard InChI is InChI=1S/5C3H9Si.5Bi/c5*1-4(2)3;;;;;/h5*1-3H3;;;;;. The summed E-state index contributed by atoms with van der Waals surface area (Å²) in [7, 11) is 0.602. The van der Waals surface area contributed by atoms with Crippen LogP contribution in [0.4, 0.5) is 0 Å². The molecule has 0 saturated carbocycles. The molecule has 10 heteroatoms. The van der Waals surface area contributed by atoms with Gasteiger partial charge in [0.15, 0.2) is 0 Å². The molecule has 0 saturated heterocycles. The van der Waals surface area contributed by atoms with Crippen molar-refractivity contribution in [3.63, 3.8) is 0 Å². The first-order valence-corrected chi connectivity index (χ1v) is 22.5. The van der Waals surface area contributed by atoms with Crippen LogP contribution < -0.4 is 0 Å². The Labute approximate surface area is 268 Å². The predicted molar refractivity (Wildman–Crippen MR) is 145 cm³/mol. The van der Waals surface area contributed by atoms with Gasteiger partial charge in [0.05, 0.1) is 0 Å². The fourth-order valence-electron chi connectivity index (χ4n) is 0. The molecule has 20 radical (unpaired) electrons. The van der Waals surface area contributed by atoms with E-state index in [0.29, 0.717) is 0 Å². The molecular formula is C15H45Bi5Si5. The monoisotopic (exact) mass is 1410 g/mol. The first kappa shape index (κ1) is 63.2. The Morgan fingerprint density at radius 1 is 0.200 bits per heavy atom. The van der Waals surface area contributed by atoms with Gasteiger partial charge in [-0.2, -0.15) is 0 Å². The average Bonchev–Trinajstić information content (AvgIpc) is 1.94. The van der Waals surface area contributed by atoms with E-state index in [0.717, 1.165) is 0 Å². The number of hydrogen-bond donors (Lipinski definition) is 0. The van der Waals surface area contributed by atoms with Gasteiger partial charge in [-0.15, -0.1) is 0 Å². The van der Waals surface area contributed by atoms with Gasteiger partial charge in [0.25, 0.3) is 0 Å². The van der Waals surface area contributed by atoms with Gasteiger partial charge >= 0.3 is 0 Å². The van der Waals surface area contributed by atoms with Crippen molar-refractivity contribution in [3.8, 4) is 0 Å². The van der Waals surface area contributed by atoms with E-state index in [1.54, 1.807) is 0 Å². The van der Waals surface area contributed by atoms with Crippen molar-refractivity contribution in [2.24, 2.45) is 0 Å². The van der Waals surface area contributed by atoms with E-state index in [1.165, 1.54) is 0 Å². The maximum Gasteiger partial charge on any atom is 0.0379 e. The second kappa shape index (κ2) is 57.0. The van der Waals surface area contributed by atoms with E-state index in [1.807, 2.05) is 0 Å². The Hall–Kier alpha value is 5.50. The average molecular weight is 1410 g/mol. The third kappa shape index (κ3) is 738. The van der Waals surface area contributed by atoms with Crippen LogP contribution in [0.15, 0.2) is 0 Å². The molecule has 0 heterocycles. The van der Waals surface area contributed by atoms with Crippen molar-refractivity contribution < 1.29 is 0 Å². The number of hydrogen-bond acceptors (Lipinski definition) is 0. The van der Waals surface area contributed by atoms with E-state index in [4.69, 9.17) is 0 Å². The minimum atomic E-state index is 0. The van der Waals surface area contributed by atoms with Crippen molar-refractivity contribution >= 4 is 175 Å². The Balaban J connectivity index is -0.0000000134. The van der Waals surface area contributed by atoms with Crippen LogP contribution in [0, 0.1) is 0 Å². The van der Waals surface area contributed by atoms with E-state index < -0.39 is 0 Å². The van der Waals surface area contributed by atoms with E-state index in [9.17, 15) is 0 Å². The molecule has 0 aromatic heterocycles. The van der Waals surface area contributed by atoms with Crippen molar-refractivity contribution in [1.29, 1.82) is 0 Å². The van der Waals surface area contributed by atoms with Crippen molar-refractivity contribution in [2.75, 3.05) is 0 Å². The molecule has 0 bridgehead atoms. The topological polar surface area (TPSA) is 0 Å². The fourth-order valence-corrected chi connectivity index (χ4v) is 0. The van der Waals surface area contributed by atoms with E-state index in [-0.39, 0.29) is 175 Å². The van der Waals surface area contributed by atoms with Crippen molar-refractivity contribution in [3.05, 3.63) is 0 Å².